The van der Waals surface area contributed by atoms with Crippen molar-refractivity contribution in [1.82, 2.24) is 14.9 Å². The molecule has 0 amide bonds. The second-order valence-corrected chi connectivity index (χ2v) is 9.68. The summed E-state index contributed by atoms with van der Waals surface area (Å²) in [4.78, 5) is 32.3. The van der Waals surface area contributed by atoms with Crippen molar-refractivity contribution in [2.45, 2.75) is 18.9 Å². The van der Waals surface area contributed by atoms with E-state index >= 15 is 0 Å². The molecule has 1 saturated heterocycles. The van der Waals surface area contributed by atoms with Crippen LogP contribution in [0.4, 0.5) is 31.5 Å². The van der Waals surface area contributed by atoms with Crippen molar-refractivity contribution in [3.05, 3.63) is 60.3 Å². The predicted octanol–water partition coefficient (Wildman–Crippen LogP) is 5.44. The molecule has 9 nitrogen and oxygen atoms in total. The van der Waals surface area contributed by atoms with E-state index in [1.54, 1.807) is 18.4 Å². The number of benzene rings is 2. The van der Waals surface area contributed by atoms with E-state index in [0.717, 1.165) is 65.7 Å². The van der Waals surface area contributed by atoms with Crippen molar-refractivity contribution in [3.63, 3.8) is 0 Å². The fraction of sp³-hybridized carbons (Fsp3) is 0.308. The molecule has 0 saturated carbocycles. The maximum atomic E-state index is 10.6. The van der Waals surface area contributed by atoms with E-state index in [1.807, 2.05) is 12.1 Å². The van der Waals surface area contributed by atoms with Crippen LogP contribution in [-0.4, -0.2) is 82.7 Å². The molecule has 42 heavy (non-hydrogen) atoms. The van der Waals surface area contributed by atoms with Crippen LogP contribution in [0.5, 0.6) is 5.75 Å². The van der Waals surface area contributed by atoms with Gasteiger partial charge in [0.2, 0.25) is 0 Å². The van der Waals surface area contributed by atoms with Crippen molar-refractivity contribution in [2.24, 2.45) is 0 Å². The number of carboxylic acids is 2. The van der Waals surface area contributed by atoms with Gasteiger partial charge in [-0.15, -0.1) is 0 Å². The van der Waals surface area contributed by atoms with Gasteiger partial charge in [-0.05, 0) is 24.3 Å². The number of alkyl halides is 6. The lowest BCUT2D eigenvalue weighted by Crippen LogP contribution is -2.46. The number of nitrogens with zero attached hydrogens (tertiary/aromatic N) is 4. The summed E-state index contributed by atoms with van der Waals surface area (Å²) in [5, 5.41) is 16.5. The molecular weight excluding hydrogens is 594 g/mol. The largest absolute Gasteiger partial charge is 0.494 e. The van der Waals surface area contributed by atoms with Crippen LogP contribution in [0.1, 0.15) is 5.69 Å². The predicted molar refractivity (Wildman–Crippen MR) is 143 cm³/mol. The molecular formula is C26H24F6N4O5S. The van der Waals surface area contributed by atoms with Gasteiger partial charge in [-0.1, -0.05) is 41.7 Å². The number of aromatic nitrogens is 2. The van der Waals surface area contributed by atoms with E-state index < -0.39 is 24.3 Å². The Morgan fingerprint density at radius 3 is 2.00 bits per heavy atom. The number of aliphatic carboxylic acids is 2. The van der Waals surface area contributed by atoms with Crippen LogP contribution in [0, 0.1) is 0 Å². The van der Waals surface area contributed by atoms with Crippen LogP contribution in [0.2, 0.25) is 0 Å². The minimum absolute atomic E-state index is 0.833. The van der Waals surface area contributed by atoms with E-state index in [4.69, 9.17) is 34.5 Å². The van der Waals surface area contributed by atoms with Gasteiger partial charge in [0.25, 0.3) is 0 Å². The van der Waals surface area contributed by atoms with E-state index in [0.29, 0.717) is 0 Å². The van der Waals surface area contributed by atoms with Crippen molar-refractivity contribution in [1.29, 1.82) is 0 Å². The van der Waals surface area contributed by atoms with E-state index in [1.165, 1.54) is 4.70 Å². The van der Waals surface area contributed by atoms with Crippen LogP contribution in [0.15, 0.2) is 54.6 Å². The maximum Gasteiger partial charge on any atom is 0.490 e. The average molecular weight is 619 g/mol. The van der Waals surface area contributed by atoms with Gasteiger partial charge in [0.15, 0.2) is 5.13 Å². The molecule has 2 aromatic heterocycles. The van der Waals surface area contributed by atoms with Crippen LogP contribution in [0.3, 0.4) is 0 Å². The topological polar surface area (TPSA) is 116 Å². The first-order valence-electron chi connectivity index (χ1n) is 12.0. The van der Waals surface area contributed by atoms with Gasteiger partial charge in [-0.2, -0.15) is 26.3 Å². The summed E-state index contributed by atoms with van der Waals surface area (Å²) in [6.07, 6.45) is -10.2. The highest BCUT2D eigenvalue weighted by atomic mass is 32.1. The summed E-state index contributed by atoms with van der Waals surface area (Å²) in [6.45, 7) is 4.89. The number of anilines is 1. The number of rotatable bonds is 4. The van der Waals surface area contributed by atoms with Crippen LogP contribution < -0.4 is 9.64 Å². The van der Waals surface area contributed by atoms with Crippen LogP contribution in [-0.2, 0) is 16.1 Å². The molecule has 0 spiro atoms. The van der Waals surface area contributed by atoms with Gasteiger partial charge >= 0.3 is 24.3 Å². The molecule has 226 valence electrons. The monoisotopic (exact) mass is 618 g/mol. The van der Waals surface area contributed by atoms with Crippen molar-refractivity contribution >= 4 is 49.5 Å². The van der Waals surface area contributed by atoms with Gasteiger partial charge in [-0.25, -0.2) is 19.6 Å². The minimum Gasteiger partial charge on any atom is -0.494 e. The van der Waals surface area contributed by atoms with Gasteiger partial charge in [0, 0.05) is 38.1 Å². The number of halogens is 6. The highest BCUT2D eigenvalue weighted by Crippen LogP contribution is 2.29. The Labute approximate surface area is 238 Å². The number of carboxylic acid groups (broad SMARTS) is 2. The minimum atomic E-state index is -5.08. The van der Waals surface area contributed by atoms with E-state index in [2.05, 4.69) is 52.3 Å². The maximum absolute atomic E-state index is 10.6. The summed E-state index contributed by atoms with van der Waals surface area (Å²) in [5.74, 6) is -4.68. The summed E-state index contributed by atoms with van der Waals surface area (Å²) in [5.41, 5.74) is 3.13. The number of methoxy groups -OCH3 is 1. The Morgan fingerprint density at radius 1 is 0.857 bits per heavy atom. The van der Waals surface area contributed by atoms with Gasteiger partial charge in [0.05, 0.1) is 23.0 Å². The number of thiazole rings is 1. The summed E-state index contributed by atoms with van der Waals surface area (Å²) < 4.78 is 70.2. The number of para-hydroxylation sites is 2. The third-order valence-corrected chi connectivity index (χ3v) is 6.85. The Hall–Kier alpha value is -4.18. The number of carbonyl (C=O) groups is 2. The molecule has 4 aromatic rings. The van der Waals surface area contributed by atoms with Gasteiger partial charge in [-0.3, -0.25) is 4.90 Å². The van der Waals surface area contributed by atoms with Gasteiger partial charge < -0.3 is 19.8 Å². The number of hydrogen-bond acceptors (Lipinski definition) is 8. The lowest BCUT2D eigenvalue weighted by Gasteiger charge is -2.34. The number of pyridine rings is 1. The molecule has 16 heteroatoms. The fourth-order valence-electron chi connectivity index (χ4n) is 3.73. The molecule has 0 bridgehead atoms. The molecule has 0 aliphatic carbocycles. The third-order valence-electron chi connectivity index (χ3n) is 5.76. The Balaban J connectivity index is 0.000000289. The normalized spacial score (nSPS) is 14.0. The molecule has 3 heterocycles. The number of ether oxygens (including phenoxy) is 1. The smallest absolute Gasteiger partial charge is 0.490 e. The Kier molecular flexibility index (Phi) is 10.5. The second kappa shape index (κ2) is 13.7. The molecule has 0 radical (unpaired) electrons. The molecule has 1 aliphatic heterocycles. The van der Waals surface area contributed by atoms with Crippen molar-refractivity contribution in [3.8, 4) is 5.75 Å². The SMILES string of the molecule is COc1cccc2ccc(CN3CCN(c4nc5ccccc5s4)CC3)nc12.O=C(O)C(F)(F)F.O=C(O)C(F)(F)F. The summed E-state index contributed by atoms with van der Waals surface area (Å²) in [7, 11) is 1.70. The summed E-state index contributed by atoms with van der Waals surface area (Å²) in [6, 6.07) is 18.7. The first-order chi connectivity index (χ1) is 19.7. The zero-order valence-electron chi connectivity index (χ0n) is 21.8. The zero-order valence-corrected chi connectivity index (χ0v) is 22.6. The lowest BCUT2D eigenvalue weighted by atomic mass is 10.2. The molecule has 5 rings (SSSR count). The third kappa shape index (κ3) is 8.91. The number of hydrogen-bond donors (Lipinski definition) is 2. The standard InChI is InChI=1S/C22H22N4OS.2C2HF3O2/c1-27-19-7-4-5-16-9-10-17(23-21(16)19)15-25-11-13-26(14-12-25)22-24-18-6-2-3-8-20(18)28-22;2*3-2(4,5)1(6)7/h2-10H,11-15H2,1H3;2*(H,6,7). The molecule has 1 fully saturated rings. The average Bonchev–Trinajstić information content (AvgIpc) is 3.37. The lowest BCUT2D eigenvalue weighted by molar-refractivity contribution is -0.193. The van der Waals surface area contributed by atoms with E-state index in [9.17, 15) is 26.3 Å². The van der Waals surface area contributed by atoms with E-state index in [-0.39, 0.29) is 0 Å². The molecule has 1 aliphatic rings. The Bertz CT molecular complexity index is 1460. The molecule has 0 unspecified atom stereocenters. The van der Waals surface area contributed by atoms with Crippen LogP contribution in [0.25, 0.3) is 21.1 Å². The summed E-state index contributed by atoms with van der Waals surface area (Å²) >= 11 is 1.78. The quantitative estimate of drug-likeness (QED) is 0.289. The molecule has 2 aromatic carbocycles. The second-order valence-electron chi connectivity index (χ2n) is 8.67. The highest BCUT2D eigenvalue weighted by Gasteiger charge is 2.38. The number of piperazine rings is 1. The first-order valence-corrected chi connectivity index (χ1v) is 12.9. The molecule has 0 atom stereocenters. The molecule has 2 N–H and O–H groups in total. The van der Waals surface area contributed by atoms with Gasteiger partial charge in [0.1, 0.15) is 11.3 Å². The fourth-order valence-corrected chi connectivity index (χ4v) is 4.75. The first kappa shape index (κ1) is 32.3. The number of fused-ring (bicyclic) bond motifs is 2. The van der Waals surface area contributed by atoms with Crippen molar-refractivity contribution in [2.75, 3.05) is 38.2 Å². The van der Waals surface area contributed by atoms with Crippen LogP contribution >= 0.6 is 11.3 Å². The Morgan fingerprint density at radius 2 is 1.45 bits per heavy atom. The highest BCUT2D eigenvalue weighted by molar-refractivity contribution is 7.22. The van der Waals surface area contributed by atoms with Crippen molar-refractivity contribution < 1.29 is 50.9 Å². The zero-order chi connectivity index (χ0) is 31.1.